The number of carbonyl (C=O) groups is 1. The second-order valence-corrected chi connectivity index (χ2v) is 9.67. The van der Waals surface area contributed by atoms with Crippen LogP contribution in [0.15, 0.2) is 9.70 Å². The highest BCUT2D eigenvalue weighted by Gasteiger charge is 2.35. The van der Waals surface area contributed by atoms with E-state index in [1.165, 1.54) is 11.8 Å². The van der Waals surface area contributed by atoms with Gasteiger partial charge in [-0.15, -0.1) is 0 Å². The number of carbonyl (C=O) groups excluding carboxylic acids is 1. The van der Waals surface area contributed by atoms with Crippen LogP contribution in [0.3, 0.4) is 0 Å². The van der Waals surface area contributed by atoms with Gasteiger partial charge in [-0.05, 0) is 51.7 Å². The largest absolute Gasteiger partial charge is 0.357 e. The molecule has 2 fully saturated rings. The van der Waals surface area contributed by atoms with E-state index in [2.05, 4.69) is 17.9 Å². The minimum Gasteiger partial charge on any atom is -0.357 e. The summed E-state index contributed by atoms with van der Waals surface area (Å²) in [4.78, 5) is 30.5. The standard InChI is InChI=1S/C22H28N4O2S2/c1-5-6-11-25-19(24-9-7-8-10-24)16(15(4)17(13-23)20(25)27)12-18-21(28)26(14(2)3)22(29)30-18/h12,14H,5-11H2,1-4H3/b18-12-. The Morgan fingerprint density at radius 2 is 1.93 bits per heavy atom. The Bertz CT molecular complexity index is 998. The lowest BCUT2D eigenvalue weighted by molar-refractivity contribution is -0.123. The highest BCUT2D eigenvalue weighted by Crippen LogP contribution is 2.37. The molecule has 0 aliphatic carbocycles. The molecule has 0 N–H and O–H groups in total. The molecule has 0 unspecified atom stereocenters. The molecule has 0 bridgehead atoms. The van der Waals surface area contributed by atoms with Crippen LogP contribution in [0.4, 0.5) is 5.82 Å². The third-order valence-electron chi connectivity index (χ3n) is 5.60. The molecule has 1 aromatic rings. The van der Waals surface area contributed by atoms with E-state index in [9.17, 15) is 14.9 Å². The number of amides is 1. The van der Waals surface area contributed by atoms with Crippen LogP contribution in [0.1, 0.15) is 63.1 Å². The lowest BCUT2D eigenvalue weighted by Gasteiger charge is -2.27. The molecule has 30 heavy (non-hydrogen) atoms. The number of nitrogens with zero attached hydrogens (tertiary/aromatic N) is 4. The summed E-state index contributed by atoms with van der Waals surface area (Å²) in [6.07, 6.45) is 5.77. The monoisotopic (exact) mass is 444 g/mol. The quantitative estimate of drug-likeness (QED) is 0.487. The zero-order valence-electron chi connectivity index (χ0n) is 18.0. The second kappa shape index (κ2) is 9.36. The molecule has 3 heterocycles. The third kappa shape index (κ3) is 4.06. The molecule has 2 aliphatic heterocycles. The van der Waals surface area contributed by atoms with Gasteiger partial charge in [0.05, 0.1) is 4.91 Å². The van der Waals surface area contributed by atoms with Gasteiger partial charge in [-0.1, -0.05) is 37.3 Å². The fraction of sp³-hybridized carbons (Fsp3) is 0.545. The van der Waals surface area contributed by atoms with Crippen molar-refractivity contribution < 1.29 is 4.79 Å². The fourth-order valence-electron chi connectivity index (χ4n) is 3.99. The van der Waals surface area contributed by atoms with E-state index in [0.29, 0.717) is 21.3 Å². The first kappa shape index (κ1) is 22.6. The summed E-state index contributed by atoms with van der Waals surface area (Å²) in [5, 5.41) is 9.70. The summed E-state index contributed by atoms with van der Waals surface area (Å²) in [5.74, 6) is 0.717. The van der Waals surface area contributed by atoms with Gasteiger partial charge >= 0.3 is 0 Å². The number of pyridine rings is 1. The lowest BCUT2D eigenvalue weighted by Crippen LogP contribution is -2.34. The van der Waals surface area contributed by atoms with Crippen molar-refractivity contribution in [3.63, 3.8) is 0 Å². The minimum atomic E-state index is -0.239. The van der Waals surface area contributed by atoms with E-state index in [0.717, 1.165) is 50.2 Å². The summed E-state index contributed by atoms with van der Waals surface area (Å²) < 4.78 is 2.29. The maximum absolute atomic E-state index is 13.1. The SMILES string of the molecule is CCCCn1c(N2CCCC2)c(/C=C2\SC(=S)N(C(C)C)C2=O)c(C)c(C#N)c1=O. The number of nitriles is 1. The zero-order valence-corrected chi connectivity index (χ0v) is 19.7. The number of thiocarbonyl (C=S) groups is 1. The first-order valence-corrected chi connectivity index (χ1v) is 11.7. The van der Waals surface area contributed by atoms with Crippen molar-refractivity contribution in [2.45, 2.75) is 66.0 Å². The van der Waals surface area contributed by atoms with Gasteiger partial charge in [0, 0.05) is 31.2 Å². The summed E-state index contributed by atoms with van der Waals surface area (Å²) >= 11 is 6.71. The fourth-order valence-corrected chi connectivity index (χ4v) is 5.50. The van der Waals surface area contributed by atoms with Crippen molar-refractivity contribution in [1.82, 2.24) is 9.47 Å². The van der Waals surface area contributed by atoms with Crippen LogP contribution < -0.4 is 10.5 Å². The smallest absolute Gasteiger partial charge is 0.270 e. The number of thioether (sulfide) groups is 1. The number of anilines is 1. The van der Waals surface area contributed by atoms with E-state index >= 15 is 0 Å². The maximum Gasteiger partial charge on any atom is 0.270 e. The van der Waals surface area contributed by atoms with Crippen molar-refractivity contribution in [3.05, 3.63) is 31.9 Å². The van der Waals surface area contributed by atoms with Gasteiger partial charge in [-0.3, -0.25) is 19.1 Å². The normalized spacial score (nSPS) is 18.2. The van der Waals surface area contributed by atoms with Crippen molar-refractivity contribution >= 4 is 46.1 Å². The topological polar surface area (TPSA) is 69.3 Å². The molecule has 1 amide bonds. The van der Waals surface area contributed by atoms with Crippen LogP contribution in [0, 0.1) is 18.3 Å². The minimum absolute atomic E-state index is 0.0178. The molecule has 2 aliphatic rings. The van der Waals surface area contributed by atoms with E-state index in [4.69, 9.17) is 12.2 Å². The Balaban J connectivity index is 2.25. The molecule has 160 valence electrons. The summed E-state index contributed by atoms with van der Waals surface area (Å²) in [6.45, 7) is 10.1. The molecular formula is C22H28N4O2S2. The van der Waals surface area contributed by atoms with Gasteiger partial charge in [0.1, 0.15) is 21.8 Å². The zero-order chi connectivity index (χ0) is 22.0. The Morgan fingerprint density at radius 3 is 2.47 bits per heavy atom. The van der Waals surface area contributed by atoms with E-state index in [1.807, 2.05) is 19.9 Å². The predicted octanol–water partition coefficient (Wildman–Crippen LogP) is 4.04. The second-order valence-electron chi connectivity index (χ2n) is 8.00. The van der Waals surface area contributed by atoms with Crippen LogP contribution in [-0.2, 0) is 11.3 Å². The summed E-state index contributed by atoms with van der Waals surface area (Å²) in [5.41, 5.74) is 1.33. The van der Waals surface area contributed by atoms with Crippen molar-refractivity contribution in [2.24, 2.45) is 0 Å². The Morgan fingerprint density at radius 1 is 1.27 bits per heavy atom. The van der Waals surface area contributed by atoms with Crippen LogP contribution >= 0.6 is 24.0 Å². The van der Waals surface area contributed by atoms with Gasteiger partial charge in [-0.2, -0.15) is 5.26 Å². The molecule has 3 rings (SSSR count). The summed E-state index contributed by atoms with van der Waals surface area (Å²) in [7, 11) is 0. The van der Waals surface area contributed by atoms with Gasteiger partial charge in [0.25, 0.3) is 11.5 Å². The Kier molecular flexibility index (Phi) is 7.04. The number of rotatable bonds is 6. The van der Waals surface area contributed by atoms with Crippen LogP contribution in [0.5, 0.6) is 0 Å². The van der Waals surface area contributed by atoms with Crippen LogP contribution in [0.25, 0.3) is 6.08 Å². The Labute approximate surface area is 187 Å². The number of hydrogen-bond acceptors (Lipinski definition) is 6. The van der Waals surface area contributed by atoms with Gasteiger partial charge < -0.3 is 4.90 Å². The van der Waals surface area contributed by atoms with Crippen molar-refractivity contribution in [2.75, 3.05) is 18.0 Å². The average molecular weight is 445 g/mol. The molecule has 6 nitrogen and oxygen atoms in total. The van der Waals surface area contributed by atoms with Crippen LogP contribution in [0.2, 0.25) is 0 Å². The lowest BCUT2D eigenvalue weighted by atomic mass is 10.0. The van der Waals surface area contributed by atoms with Gasteiger partial charge in [0.2, 0.25) is 0 Å². The predicted molar refractivity (Wildman–Crippen MR) is 127 cm³/mol. The van der Waals surface area contributed by atoms with E-state index in [-0.39, 0.29) is 23.1 Å². The molecular weight excluding hydrogens is 416 g/mol. The average Bonchev–Trinajstić information content (AvgIpc) is 3.31. The molecule has 0 atom stereocenters. The maximum atomic E-state index is 13.1. The molecule has 1 aromatic heterocycles. The molecule has 0 aromatic carbocycles. The summed E-state index contributed by atoms with van der Waals surface area (Å²) in [6, 6.07) is 2.08. The first-order valence-electron chi connectivity index (χ1n) is 10.5. The highest BCUT2D eigenvalue weighted by atomic mass is 32.2. The first-order chi connectivity index (χ1) is 14.3. The van der Waals surface area contributed by atoms with Crippen molar-refractivity contribution in [1.29, 1.82) is 5.26 Å². The van der Waals surface area contributed by atoms with Crippen molar-refractivity contribution in [3.8, 4) is 6.07 Å². The Hall–Kier alpha value is -2.11. The highest BCUT2D eigenvalue weighted by molar-refractivity contribution is 8.26. The number of unbranched alkanes of at least 4 members (excludes halogenated alkanes) is 1. The van der Waals surface area contributed by atoms with E-state index in [1.54, 1.807) is 16.4 Å². The molecule has 0 saturated carbocycles. The third-order valence-corrected chi connectivity index (χ3v) is 6.93. The molecule has 0 radical (unpaired) electrons. The van der Waals surface area contributed by atoms with Gasteiger partial charge in [-0.25, -0.2) is 0 Å². The molecule has 2 saturated heterocycles. The van der Waals surface area contributed by atoms with Gasteiger partial charge in [0.15, 0.2) is 0 Å². The van der Waals surface area contributed by atoms with Crippen LogP contribution in [-0.4, -0.2) is 38.8 Å². The number of aromatic nitrogens is 1. The molecule has 8 heteroatoms. The number of hydrogen-bond donors (Lipinski definition) is 0. The molecule has 0 spiro atoms. The van der Waals surface area contributed by atoms with E-state index < -0.39 is 0 Å².